The molecule has 6 rings (SSSR count). The van der Waals surface area contributed by atoms with Gasteiger partial charge in [-0.05, 0) is 47.5 Å². The SMILES string of the molecule is O=C(Nc1ccc([C@@H]2O[C@H](Cn3cnc4ccccc43)C[C@H](c3ccc(CO)cc3)O2)cc1)c1ccccc1. The molecular weight excluding hydrogens is 490 g/mol. The highest BCUT2D eigenvalue weighted by Gasteiger charge is 2.32. The number of para-hydroxylation sites is 2. The predicted octanol–water partition coefficient (Wildman–Crippen LogP) is 6.03. The molecule has 1 aliphatic rings. The average molecular weight is 520 g/mol. The van der Waals surface area contributed by atoms with Crippen molar-refractivity contribution in [1.82, 2.24) is 9.55 Å². The van der Waals surface area contributed by atoms with Gasteiger partial charge in [0.25, 0.3) is 5.91 Å². The molecule has 4 aromatic carbocycles. The molecule has 1 fully saturated rings. The van der Waals surface area contributed by atoms with Crippen LogP contribution in [0.4, 0.5) is 5.69 Å². The molecule has 7 nitrogen and oxygen atoms in total. The van der Waals surface area contributed by atoms with Crippen molar-refractivity contribution < 1.29 is 19.4 Å². The lowest BCUT2D eigenvalue weighted by atomic mass is 10.00. The molecule has 1 amide bonds. The Labute approximate surface area is 226 Å². The molecule has 1 saturated heterocycles. The summed E-state index contributed by atoms with van der Waals surface area (Å²) in [6.45, 7) is 0.637. The molecule has 2 N–H and O–H groups in total. The van der Waals surface area contributed by atoms with Crippen LogP contribution in [0.1, 0.15) is 45.9 Å². The number of nitrogens with one attached hydrogen (secondary N) is 1. The standard InChI is InChI=1S/C32H29N3O4/c36-20-22-10-12-23(13-11-22)30-18-27(19-35-21-33-28-8-4-5-9-29(28)35)38-32(39-30)25-14-16-26(17-15-25)34-31(37)24-6-2-1-3-7-24/h1-17,21,27,30,32,36H,18-20H2,(H,34,37)/t27-,30+,32+/m0/s1. The van der Waals surface area contributed by atoms with Gasteiger partial charge in [0, 0.05) is 23.2 Å². The molecule has 0 aliphatic carbocycles. The van der Waals surface area contributed by atoms with Gasteiger partial charge in [0.05, 0.1) is 42.7 Å². The Morgan fingerprint density at radius 2 is 1.59 bits per heavy atom. The molecule has 5 aromatic rings. The molecule has 1 aliphatic heterocycles. The number of carbonyl (C=O) groups excluding carboxylic acids is 1. The number of nitrogens with zero attached hydrogens (tertiary/aromatic N) is 2. The molecular formula is C32H29N3O4. The van der Waals surface area contributed by atoms with Gasteiger partial charge < -0.3 is 24.5 Å². The van der Waals surface area contributed by atoms with E-state index in [1.165, 1.54) is 0 Å². The summed E-state index contributed by atoms with van der Waals surface area (Å²) in [5, 5.41) is 12.4. The number of carbonyl (C=O) groups is 1. The minimum absolute atomic E-state index is 0.00102. The fourth-order valence-corrected chi connectivity index (χ4v) is 4.92. The lowest BCUT2D eigenvalue weighted by molar-refractivity contribution is -0.252. The normalized spacial score (nSPS) is 19.2. The molecule has 196 valence electrons. The summed E-state index contributed by atoms with van der Waals surface area (Å²) < 4.78 is 15.1. The van der Waals surface area contributed by atoms with E-state index < -0.39 is 6.29 Å². The minimum atomic E-state index is -0.583. The van der Waals surface area contributed by atoms with E-state index in [9.17, 15) is 9.90 Å². The van der Waals surface area contributed by atoms with Crippen LogP contribution in [0.15, 0.2) is 109 Å². The first-order chi connectivity index (χ1) is 19.2. The summed E-state index contributed by atoms with van der Waals surface area (Å²) in [6.07, 6.45) is 1.63. The number of ether oxygens (including phenoxy) is 2. The number of imidazole rings is 1. The third-order valence-corrected chi connectivity index (χ3v) is 7.02. The van der Waals surface area contributed by atoms with Gasteiger partial charge in [-0.1, -0.05) is 66.7 Å². The predicted molar refractivity (Wildman–Crippen MR) is 149 cm³/mol. The van der Waals surface area contributed by atoms with Crippen LogP contribution >= 0.6 is 0 Å². The zero-order valence-electron chi connectivity index (χ0n) is 21.3. The van der Waals surface area contributed by atoms with Gasteiger partial charge >= 0.3 is 0 Å². The molecule has 0 radical (unpaired) electrons. The quantitative estimate of drug-likeness (QED) is 0.274. The Hall–Kier alpha value is -4.30. The molecule has 39 heavy (non-hydrogen) atoms. The zero-order valence-corrected chi connectivity index (χ0v) is 21.3. The van der Waals surface area contributed by atoms with Gasteiger partial charge in [-0.2, -0.15) is 0 Å². The van der Waals surface area contributed by atoms with Crippen molar-refractivity contribution in [2.45, 2.75) is 38.1 Å². The van der Waals surface area contributed by atoms with E-state index in [1.54, 1.807) is 12.1 Å². The van der Waals surface area contributed by atoms with E-state index in [2.05, 4.69) is 20.9 Å². The van der Waals surface area contributed by atoms with Crippen molar-refractivity contribution >= 4 is 22.6 Å². The maximum absolute atomic E-state index is 12.6. The van der Waals surface area contributed by atoms with Crippen molar-refractivity contribution in [3.8, 4) is 0 Å². The topological polar surface area (TPSA) is 85.6 Å². The molecule has 0 spiro atoms. The van der Waals surface area contributed by atoms with Crippen LogP contribution in [0.25, 0.3) is 11.0 Å². The van der Waals surface area contributed by atoms with Crippen molar-refractivity contribution in [1.29, 1.82) is 0 Å². The Balaban J connectivity index is 1.23. The van der Waals surface area contributed by atoms with Crippen LogP contribution in [-0.2, 0) is 22.6 Å². The number of rotatable bonds is 7. The van der Waals surface area contributed by atoms with E-state index in [1.807, 2.05) is 91.3 Å². The fraction of sp³-hybridized carbons (Fsp3) is 0.188. The molecule has 2 heterocycles. The summed E-state index contributed by atoms with van der Waals surface area (Å²) >= 11 is 0. The van der Waals surface area contributed by atoms with Gasteiger partial charge in [-0.25, -0.2) is 4.98 Å². The largest absolute Gasteiger partial charge is 0.392 e. The number of aromatic nitrogens is 2. The second kappa shape index (κ2) is 11.2. The smallest absolute Gasteiger partial charge is 0.255 e. The lowest BCUT2D eigenvalue weighted by Gasteiger charge is -2.36. The number of amides is 1. The van der Waals surface area contributed by atoms with E-state index in [0.29, 0.717) is 24.2 Å². The van der Waals surface area contributed by atoms with E-state index in [4.69, 9.17) is 9.47 Å². The van der Waals surface area contributed by atoms with Gasteiger partial charge in [-0.3, -0.25) is 4.79 Å². The Morgan fingerprint density at radius 3 is 2.36 bits per heavy atom. The Kier molecular flexibility index (Phi) is 7.19. The molecule has 0 saturated carbocycles. The summed E-state index contributed by atoms with van der Waals surface area (Å²) in [5.74, 6) is -0.160. The first kappa shape index (κ1) is 25.0. The number of benzene rings is 4. The van der Waals surface area contributed by atoms with Crippen LogP contribution in [0.2, 0.25) is 0 Å². The van der Waals surface area contributed by atoms with Crippen LogP contribution < -0.4 is 5.32 Å². The second-order valence-corrected chi connectivity index (χ2v) is 9.68. The fourth-order valence-electron chi connectivity index (χ4n) is 4.92. The third kappa shape index (κ3) is 5.61. The molecule has 3 atom stereocenters. The molecule has 1 aromatic heterocycles. The average Bonchev–Trinajstić information content (AvgIpc) is 3.40. The van der Waals surface area contributed by atoms with Crippen molar-refractivity contribution in [3.05, 3.63) is 132 Å². The van der Waals surface area contributed by atoms with Crippen molar-refractivity contribution in [2.24, 2.45) is 0 Å². The summed E-state index contributed by atoms with van der Waals surface area (Å²) in [6, 6.07) is 32.6. The number of hydrogen-bond donors (Lipinski definition) is 2. The number of hydrogen-bond acceptors (Lipinski definition) is 5. The highest BCUT2D eigenvalue weighted by atomic mass is 16.7. The van der Waals surface area contributed by atoms with Crippen LogP contribution in [0, 0.1) is 0 Å². The monoisotopic (exact) mass is 519 g/mol. The van der Waals surface area contributed by atoms with Crippen LogP contribution in [0.3, 0.4) is 0 Å². The molecule has 0 unspecified atom stereocenters. The van der Waals surface area contributed by atoms with E-state index in [0.717, 1.165) is 27.7 Å². The van der Waals surface area contributed by atoms with Crippen molar-refractivity contribution in [3.63, 3.8) is 0 Å². The Morgan fingerprint density at radius 1 is 0.872 bits per heavy atom. The van der Waals surface area contributed by atoms with E-state index >= 15 is 0 Å². The third-order valence-electron chi connectivity index (χ3n) is 7.02. The van der Waals surface area contributed by atoms with E-state index in [-0.39, 0.29) is 24.7 Å². The highest BCUT2D eigenvalue weighted by molar-refractivity contribution is 6.04. The number of aliphatic hydroxyl groups is 1. The first-order valence-corrected chi connectivity index (χ1v) is 13.0. The molecule has 0 bridgehead atoms. The van der Waals surface area contributed by atoms with Gasteiger partial charge in [0.1, 0.15) is 0 Å². The van der Waals surface area contributed by atoms with Crippen molar-refractivity contribution in [2.75, 3.05) is 5.32 Å². The van der Waals surface area contributed by atoms with Gasteiger partial charge in [0.15, 0.2) is 6.29 Å². The van der Waals surface area contributed by atoms with Crippen LogP contribution in [0.5, 0.6) is 0 Å². The lowest BCUT2D eigenvalue weighted by Crippen LogP contribution is -2.32. The zero-order chi connectivity index (χ0) is 26.6. The highest BCUT2D eigenvalue weighted by Crippen LogP contribution is 2.39. The number of fused-ring (bicyclic) bond motifs is 1. The maximum atomic E-state index is 12.6. The summed E-state index contributed by atoms with van der Waals surface area (Å²) in [5.41, 5.74) is 6.07. The van der Waals surface area contributed by atoms with Gasteiger partial charge in [-0.15, -0.1) is 0 Å². The Bertz CT molecular complexity index is 1550. The second-order valence-electron chi connectivity index (χ2n) is 9.68. The number of aliphatic hydroxyl groups excluding tert-OH is 1. The van der Waals surface area contributed by atoms with Crippen LogP contribution in [-0.4, -0.2) is 26.7 Å². The minimum Gasteiger partial charge on any atom is -0.392 e. The first-order valence-electron chi connectivity index (χ1n) is 13.0. The maximum Gasteiger partial charge on any atom is 0.255 e. The number of anilines is 1. The molecule has 7 heteroatoms. The van der Waals surface area contributed by atoms with Gasteiger partial charge in [0.2, 0.25) is 0 Å². The summed E-state index contributed by atoms with van der Waals surface area (Å²) in [7, 11) is 0. The summed E-state index contributed by atoms with van der Waals surface area (Å²) in [4.78, 5) is 17.1.